The molecule has 2 aromatic carbocycles. The minimum atomic E-state index is -0.570. The molecule has 0 bridgehead atoms. The molecule has 2 rings (SSSR count). The first-order valence-corrected chi connectivity index (χ1v) is 10.4. The summed E-state index contributed by atoms with van der Waals surface area (Å²) in [5, 5.41) is 9.79. The fourth-order valence-corrected chi connectivity index (χ4v) is 3.24. The fraction of sp³-hybridized carbons (Fsp3) is 0.440. The molecule has 2 aromatic rings. The van der Waals surface area contributed by atoms with Gasteiger partial charge in [-0.2, -0.15) is 5.26 Å². The predicted octanol–water partition coefficient (Wildman–Crippen LogP) is 5.40. The van der Waals surface area contributed by atoms with Gasteiger partial charge in [0.15, 0.2) is 0 Å². The third-order valence-corrected chi connectivity index (χ3v) is 5.07. The van der Waals surface area contributed by atoms with Gasteiger partial charge in [-0.1, -0.05) is 60.7 Å². The first kappa shape index (κ1) is 23.4. The predicted molar refractivity (Wildman–Crippen MR) is 120 cm³/mol. The molecule has 2 atom stereocenters. The van der Waals surface area contributed by atoms with Crippen molar-refractivity contribution in [2.45, 2.75) is 58.3 Å². The Hall–Kier alpha value is -2.84. The van der Waals surface area contributed by atoms with Gasteiger partial charge in [0, 0.05) is 19.1 Å². The van der Waals surface area contributed by atoms with Gasteiger partial charge in [0.25, 0.3) is 0 Å². The first-order valence-electron chi connectivity index (χ1n) is 10.4. The van der Waals surface area contributed by atoms with Gasteiger partial charge < -0.3 is 9.64 Å². The standard InChI is InChI=1S/C25H33N3O2/c1-20(22-14-10-7-11-15-22)27(5)23(18-26)16-17-28(24(29)30-25(2,3)4)19-21-12-8-6-9-13-21/h6-15,20,23H,16-17,19H2,1-5H3/t20-,23-/m0/s1. The van der Waals surface area contributed by atoms with E-state index < -0.39 is 5.60 Å². The van der Waals surface area contributed by atoms with Gasteiger partial charge in [-0.3, -0.25) is 4.90 Å². The van der Waals surface area contributed by atoms with Gasteiger partial charge in [0.1, 0.15) is 5.60 Å². The largest absolute Gasteiger partial charge is 0.444 e. The summed E-state index contributed by atoms with van der Waals surface area (Å²) in [6.45, 7) is 8.56. The van der Waals surface area contributed by atoms with Crippen LogP contribution in [0.1, 0.15) is 51.3 Å². The Morgan fingerprint density at radius 3 is 2.17 bits per heavy atom. The van der Waals surface area contributed by atoms with Crippen LogP contribution in [0.25, 0.3) is 0 Å². The first-order chi connectivity index (χ1) is 14.2. The molecule has 0 radical (unpaired) electrons. The molecule has 0 N–H and O–H groups in total. The zero-order valence-corrected chi connectivity index (χ0v) is 18.7. The molecule has 0 unspecified atom stereocenters. The quantitative estimate of drug-likeness (QED) is 0.588. The molecule has 30 heavy (non-hydrogen) atoms. The summed E-state index contributed by atoms with van der Waals surface area (Å²) in [5.41, 5.74) is 1.62. The van der Waals surface area contributed by atoms with Crippen LogP contribution in [0.5, 0.6) is 0 Å². The molecule has 0 saturated heterocycles. The molecule has 0 heterocycles. The summed E-state index contributed by atoms with van der Waals surface area (Å²) in [6, 6.07) is 22.2. The van der Waals surface area contributed by atoms with Gasteiger partial charge in [-0.05, 0) is 52.3 Å². The highest BCUT2D eigenvalue weighted by Crippen LogP contribution is 2.22. The molecular weight excluding hydrogens is 374 g/mol. The van der Waals surface area contributed by atoms with E-state index in [1.165, 1.54) is 0 Å². The number of nitrogens with zero attached hydrogens (tertiary/aromatic N) is 3. The Morgan fingerprint density at radius 1 is 1.07 bits per heavy atom. The van der Waals surface area contributed by atoms with E-state index in [1.807, 2.05) is 76.3 Å². The monoisotopic (exact) mass is 407 g/mol. The van der Waals surface area contributed by atoms with E-state index in [2.05, 4.69) is 30.0 Å². The number of ether oxygens (including phenoxy) is 1. The normalized spacial score (nSPS) is 13.4. The number of carbonyl (C=O) groups excluding carboxylic acids is 1. The van der Waals surface area contributed by atoms with Crippen molar-refractivity contribution < 1.29 is 9.53 Å². The summed E-state index contributed by atoms with van der Waals surface area (Å²) < 4.78 is 5.61. The van der Waals surface area contributed by atoms with Crippen LogP contribution in [0.15, 0.2) is 60.7 Å². The van der Waals surface area contributed by atoms with Crippen LogP contribution in [-0.4, -0.2) is 41.1 Å². The molecule has 5 nitrogen and oxygen atoms in total. The lowest BCUT2D eigenvalue weighted by Crippen LogP contribution is -2.40. The van der Waals surface area contributed by atoms with Crippen LogP contribution in [0.3, 0.4) is 0 Å². The summed E-state index contributed by atoms with van der Waals surface area (Å²) in [6.07, 6.45) is 0.179. The second-order valence-electron chi connectivity index (χ2n) is 8.57. The van der Waals surface area contributed by atoms with Gasteiger partial charge in [-0.25, -0.2) is 4.79 Å². The third kappa shape index (κ3) is 7.20. The Kier molecular flexibility index (Phi) is 8.44. The molecule has 1 amide bonds. The van der Waals surface area contributed by atoms with Gasteiger partial charge in [0.05, 0.1) is 12.1 Å². The molecule has 0 fully saturated rings. The smallest absolute Gasteiger partial charge is 0.410 e. The highest BCUT2D eigenvalue weighted by molar-refractivity contribution is 5.68. The highest BCUT2D eigenvalue weighted by atomic mass is 16.6. The Labute approximate surface area is 180 Å². The molecule has 0 aliphatic rings. The molecular formula is C25H33N3O2. The number of rotatable bonds is 8. The highest BCUT2D eigenvalue weighted by Gasteiger charge is 2.26. The lowest BCUT2D eigenvalue weighted by Gasteiger charge is -2.32. The maximum Gasteiger partial charge on any atom is 0.410 e. The molecule has 0 aliphatic carbocycles. The van der Waals surface area contributed by atoms with E-state index in [4.69, 9.17) is 4.74 Å². The van der Waals surface area contributed by atoms with Crippen molar-refractivity contribution in [1.82, 2.24) is 9.80 Å². The summed E-state index contributed by atoms with van der Waals surface area (Å²) in [5.74, 6) is 0. The van der Waals surface area contributed by atoms with E-state index in [9.17, 15) is 10.1 Å². The number of hydrogen-bond donors (Lipinski definition) is 0. The maximum absolute atomic E-state index is 12.8. The number of carbonyl (C=O) groups is 1. The Morgan fingerprint density at radius 2 is 1.63 bits per heavy atom. The van der Waals surface area contributed by atoms with E-state index in [0.29, 0.717) is 19.5 Å². The topological polar surface area (TPSA) is 56.6 Å². The van der Waals surface area contributed by atoms with E-state index in [-0.39, 0.29) is 18.2 Å². The van der Waals surface area contributed by atoms with E-state index in [0.717, 1.165) is 11.1 Å². The van der Waals surface area contributed by atoms with E-state index in [1.54, 1.807) is 4.90 Å². The lowest BCUT2D eigenvalue weighted by atomic mass is 10.0. The second kappa shape index (κ2) is 10.8. The van der Waals surface area contributed by atoms with Crippen molar-refractivity contribution in [3.05, 3.63) is 71.8 Å². The minimum absolute atomic E-state index is 0.0972. The van der Waals surface area contributed by atoms with Crippen molar-refractivity contribution in [3.63, 3.8) is 0 Å². The minimum Gasteiger partial charge on any atom is -0.444 e. The molecule has 0 saturated carbocycles. The molecule has 0 aromatic heterocycles. The average molecular weight is 408 g/mol. The SMILES string of the molecule is C[C@@H](c1ccccc1)N(C)[C@H](C#N)CCN(Cc1ccccc1)C(=O)OC(C)(C)C. The molecule has 0 aliphatic heterocycles. The van der Waals surface area contributed by atoms with Crippen molar-refractivity contribution in [2.75, 3.05) is 13.6 Å². The lowest BCUT2D eigenvalue weighted by molar-refractivity contribution is 0.0219. The van der Waals surface area contributed by atoms with Gasteiger partial charge in [0.2, 0.25) is 0 Å². The van der Waals surface area contributed by atoms with Crippen LogP contribution in [0.2, 0.25) is 0 Å². The summed E-state index contributed by atoms with van der Waals surface area (Å²) in [4.78, 5) is 16.5. The van der Waals surface area contributed by atoms with Crippen LogP contribution >= 0.6 is 0 Å². The van der Waals surface area contributed by atoms with Crippen LogP contribution in [0.4, 0.5) is 4.79 Å². The summed E-state index contributed by atoms with van der Waals surface area (Å²) >= 11 is 0. The van der Waals surface area contributed by atoms with Crippen LogP contribution in [0, 0.1) is 11.3 Å². The van der Waals surface area contributed by atoms with Gasteiger partial charge in [-0.15, -0.1) is 0 Å². The van der Waals surface area contributed by atoms with Crippen molar-refractivity contribution in [3.8, 4) is 6.07 Å². The van der Waals surface area contributed by atoms with Crippen molar-refractivity contribution in [2.24, 2.45) is 0 Å². The zero-order valence-electron chi connectivity index (χ0n) is 18.7. The molecule has 5 heteroatoms. The number of benzene rings is 2. The van der Waals surface area contributed by atoms with E-state index >= 15 is 0 Å². The molecule has 160 valence electrons. The van der Waals surface area contributed by atoms with Crippen molar-refractivity contribution >= 4 is 6.09 Å². The molecule has 0 spiro atoms. The number of nitriles is 1. The Bertz CT molecular complexity index is 825. The zero-order chi connectivity index (χ0) is 22.1. The Balaban J connectivity index is 2.09. The number of amides is 1. The third-order valence-electron chi connectivity index (χ3n) is 5.07. The second-order valence-corrected chi connectivity index (χ2v) is 8.57. The summed E-state index contributed by atoms with van der Waals surface area (Å²) in [7, 11) is 1.96. The van der Waals surface area contributed by atoms with Crippen LogP contribution in [-0.2, 0) is 11.3 Å². The van der Waals surface area contributed by atoms with Crippen LogP contribution < -0.4 is 0 Å². The fourth-order valence-electron chi connectivity index (χ4n) is 3.24. The average Bonchev–Trinajstić information content (AvgIpc) is 2.72. The number of hydrogen-bond acceptors (Lipinski definition) is 4. The maximum atomic E-state index is 12.8. The van der Waals surface area contributed by atoms with Gasteiger partial charge >= 0.3 is 6.09 Å². The van der Waals surface area contributed by atoms with Crippen molar-refractivity contribution in [1.29, 1.82) is 5.26 Å².